The van der Waals surface area contributed by atoms with E-state index in [9.17, 15) is 0 Å². The number of rotatable bonds is 5. The number of hydrogen-bond donors (Lipinski definition) is 1. The summed E-state index contributed by atoms with van der Waals surface area (Å²) < 4.78 is 5.14. The molecule has 1 atom stereocenters. The smallest absolute Gasteiger partial charge is 0.243 e. The lowest BCUT2D eigenvalue weighted by Crippen LogP contribution is -2.11. The van der Waals surface area contributed by atoms with E-state index in [0.29, 0.717) is 27.5 Å². The zero-order valence-corrected chi connectivity index (χ0v) is 12.5. The van der Waals surface area contributed by atoms with Crippen LogP contribution in [0, 0.1) is 0 Å². The molecule has 8 heteroatoms. The number of halogens is 2. The second-order valence-corrected chi connectivity index (χ2v) is 5.66. The average Bonchev–Trinajstić information content (AvgIpc) is 2.85. The van der Waals surface area contributed by atoms with Gasteiger partial charge in [-0.15, -0.1) is 0 Å². The van der Waals surface area contributed by atoms with Crippen LogP contribution in [0.2, 0.25) is 10.0 Å². The minimum absolute atomic E-state index is 0.278. The summed E-state index contributed by atoms with van der Waals surface area (Å²) in [5.74, 6) is 1.63. The van der Waals surface area contributed by atoms with E-state index in [4.69, 9.17) is 33.5 Å². The summed E-state index contributed by atoms with van der Waals surface area (Å²) in [5.41, 5.74) is 6.38. The molecule has 0 unspecified atom stereocenters. The van der Waals surface area contributed by atoms with E-state index in [2.05, 4.69) is 15.1 Å². The van der Waals surface area contributed by atoms with Gasteiger partial charge in [-0.2, -0.15) is 16.7 Å². The summed E-state index contributed by atoms with van der Waals surface area (Å²) in [6, 6.07) is 1.30. The van der Waals surface area contributed by atoms with E-state index in [1.165, 1.54) is 6.20 Å². The molecule has 19 heavy (non-hydrogen) atoms. The molecule has 0 spiro atoms. The number of hydrogen-bond acceptors (Lipinski definition) is 6. The lowest BCUT2D eigenvalue weighted by atomic mass is 10.2. The van der Waals surface area contributed by atoms with Crippen molar-refractivity contribution in [1.82, 2.24) is 15.1 Å². The Bertz CT molecular complexity index is 563. The summed E-state index contributed by atoms with van der Waals surface area (Å²) in [6.07, 6.45) is 4.26. The van der Waals surface area contributed by atoms with Crippen LogP contribution in [0.3, 0.4) is 0 Å². The molecule has 102 valence electrons. The van der Waals surface area contributed by atoms with Gasteiger partial charge in [0.05, 0.1) is 16.1 Å². The van der Waals surface area contributed by atoms with Crippen molar-refractivity contribution in [3.8, 4) is 11.5 Å². The van der Waals surface area contributed by atoms with Gasteiger partial charge in [-0.1, -0.05) is 28.4 Å². The third-order valence-corrected chi connectivity index (χ3v) is 3.55. The topological polar surface area (TPSA) is 77.8 Å². The first-order valence-electron chi connectivity index (χ1n) is 5.51. The number of pyridine rings is 1. The standard InChI is InChI=1S/C11H12Cl2N4OS/c1-19-3-2-8(14)11-16-10(17-18-11)9-7(13)4-6(12)5-15-9/h4-5,8H,2-3,14H2,1H3/t8-/m0/s1. The maximum Gasteiger partial charge on any atom is 0.243 e. The van der Waals surface area contributed by atoms with Gasteiger partial charge >= 0.3 is 0 Å². The zero-order chi connectivity index (χ0) is 13.8. The molecule has 2 rings (SSSR count). The van der Waals surface area contributed by atoms with Crippen LogP contribution >= 0.6 is 35.0 Å². The number of nitrogens with zero attached hydrogens (tertiary/aromatic N) is 3. The van der Waals surface area contributed by atoms with Gasteiger partial charge in [0, 0.05) is 6.20 Å². The van der Waals surface area contributed by atoms with E-state index in [1.807, 2.05) is 6.26 Å². The van der Waals surface area contributed by atoms with Crippen molar-refractivity contribution in [3.05, 3.63) is 28.2 Å². The third-order valence-electron chi connectivity index (χ3n) is 2.41. The van der Waals surface area contributed by atoms with Crippen LogP contribution in [-0.4, -0.2) is 27.1 Å². The Morgan fingerprint density at radius 3 is 2.95 bits per heavy atom. The molecule has 0 aliphatic carbocycles. The van der Waals surface area contributed by atoms with Crippen molar-refractivity contribution in [2.75, 3.05) is 12.0 Å². The molecule has 0 aliphatic heterocycles. The second kappa shape index (κ2) is 6.56. The zero-order valence-electron chi connectivity index (χ0n) is 10.1. The van der Waals surface area contributed by atoms with Crippen LogP contribution in [0.5, 0.6) is 0 Å². The molecule has 2 N–H and O–H groups in total. The molecular formula is C11H12Cl2N4OS. The predicted molar refractivity (Wildman–Crippen MR) is 77.5 cm³/mol. The molecule has 0 saturated heterocycles. The summed E-state index contributed by atoms with van der Waals surface area (Å²) in [7, 11) is 0. The van der Waals surface area contributed by atoms with Crippen molar-refractivity contribution >= 4 is 35.0 Å². The molecule has 0 bridgehead atoms. The third kappa shape index (κ3) is 3.60. The molecule has 0 amide bonds. The number of thioether (sulfide) groups is 1. The maximum absolute atomic E-state index is 6.03. The fourth-order valence-corrected chi connectivity index (χ4v) is 2.38. The van der Waals surface area contributed by atoms with Gasteiger partial charge in [-0.25, -0.2) is 4.98 Å². The van der Waals surface area contributed by atoms with Crippen molar-refractivity contribution < 1.29 is 4.52 Å². The Morgan fingerprint density at radius 2 is 2.26 bits per heavy atom. The van der Waals surface area contributed by atoms with Gasteiger partial charge in [0.2, 0.25) is 11.7 Å². The van der Waals surface area contributed by atoms with Gasteiger partial charge in [0.15, 0.2) is 0 Å². The molecule has 0 aliphatic rings. The Morgan fingerprint density at radius 1 is 1.47 bits per heavy atom. The highest BCUT2D eigenvalue weighted by Crippen LogP contribution is 2.26. The first-order chi connectivity index (χ1) is 9.11. The quantitative estimate of drug-likeness (QED) is 0.912. The molecule has 2 heterocycles. The van der Waals surface area contributed by atoms with Crippen LogP contribution in [0.1, 0.15) is 18.4 Å². The average molecular weight is 319 g/mol. The predicted octanol–water partition coefficient (Wildman–Crippen LogP) is 3.19. The fourth-order valence-electron chi connectivity index (χ4n) is 1.43. The van der Waals surface area contributed by atoms with Crippen LogP contribution in [-0.2, 0) is 0 Å². The first-order valence-corrected chi connectivity index (χ1v) is 7.66. The van der Waals surface area contributed by atoms with Crippen LogP contribution < -0.4 is 5.73 Å². The minimum Gasteiger partial charge on any atom is -0.337 e. The molecular weight excluding hydrogens is 307 g/mol. The Labute approximate surface area is 124 Å². The molecule has 2 aromatic rings. The lowest BCUT2D eigenvalue weighted by molar-refractivity contribution is 0.353. The van der Waals surface area contributed by atoms with Crippen LogP contribution in [0.25, 0.3) is 11.5 Å². The van der Waals surface area contributed by atoms with Crippen molar-refractivity contribution in [2.45, 2.75) is 12.5 Å². The van der Waals surface area contributed by atoms with E-state index in [1.54, 1.807) is 17.8 Å². The Hall–Kier alpha value is -0.820. The maximum atomic E-state index is 6.03. The first kappa shape index (κ1) is 14.6. The second-order valence-electron chi connectivity index (χ2n) is 3.83. The normalized spacial score (nSPS) is 12.6. The Kier molecular flexibility index (Phi) is 5.04. The summed E-state index contributed by atoms with van der Waals surface area (Å²) in [4.78, 5) is 8.31. The van der Waals surface area contributed by atoms with Gasteiger partial charge < -0.3 is 10.3 Å². The molecule has 0 radical (unpaired) electrons. The molecule has 0 aromatic carbocycles. The largest absolute Gasteiger partial charge is 0.337 e. The lowest BCUT2D eigenvalue weighted by Gasteiger charge is -2.03. The summed E-state index contributed by atoms with van der Waals surface area (Å²) >= 11 is 13.5. The summed E-state index contributed by atoms with van der Waals surface area (Å²) in [5, 5.41) is 4.67. The highest BCUT2D eigenvalue weighted by molar-refractivity contribution is 7.98. The van der Waals surface area contributed by atoms with E-state index in [0.717, 1.165) is 12.2 Å². The van der Waals surface area contributed by atoms with Gasteiger partial charge in [-0.3, -0.25) is 0 Å². The number of aromatic nitrogens is 3. The minimum atomic E-state index is -0.278. The van der Waals surface area contributed by atoms with Gasteiger partial charge in [-0.05, 0) is 24.5 Å². The number of nitrogens with two attached hydrogens (primary N) is 1. The Balaban J connectivity index is 2.20. The molecule has 2 aromatic heterocycles. The monoisotopic (exact) mass is 318 g/mol. The highest BCUT2D eigenvalue weighted by atomic mass is 35.5. The van der Waals surface area contributed by atoms with Crippen molar-refractivity contribution in [3.63, 3.8) is 0 Å². The van der Waals surface area contributed by atoms with Crippen LogP contribution in [0.15, 0.2) is 16.8 Å². The highest BCUT2D eigenvalue weighted by Gasteiger charge is 2.17. The van der Waals surface area contributed by atoms with Gasteiger partial charge in [0.25, 0.3) is 0 Å². The van der Waals surface area contributed by atoms with Crippen molar-refractivity contribution in [2.24, 2.45) is 5.73 Å². The molecule has 0 fully saturated rings. The fraction of sp³-hybridized carbons (Fsp3) is 0.364. The van der Waals surface area contributed by atoms with E-state index < -0.39 is 0 Å². The van der Waals surface area contributed by atoms with Crippen molar-refractivity contribution in [1.29, 1.82) is 0 Å². The van der Waals surface area contributed by atoms with E-state index in [-0.39, 0.29) is 6.04 Å². The summed E-state index contributed by atoms with van der Waals surface area (Å²) in [6.45, 7) is 0. The van der Waals surface area contributed by atoms with Crippen LogP contribution in [0.4, 0.5) is 0 Å². The molecule has 0 saturated carbocycles. The SMILES string of the molecule is CSCC[C@H](N)c1nc(-c2ncc(Cl)cc2Cl)no1. The van der Waals surface area contributed by atoms with E-state index >= 15 is 0 Å². The molecule has 5 nitrogen and oxygen atoms in total. The van der Waals surface area contributed by atoms with Gasteiger partial charge in [0.1, 0.15) is 5.69 Å².